The lowest BCUT2D eigenvalue weighted by Crippen LogP contribution is -2.10. The fourth-order valence-electron chi connectivity index (χ4n) is 3.77. The fourth-order valence-corrected chi connectivity index (χ4v) is 5.96. The summed E-state index contributed by atoms with van der Waals surface area (Å²) in [5.41, 5.74) is 8.52. The first kappa shape index (κ1) is 30.2. The van der Waals surface area contributed by atoms with Crippen LogP contribution in [0.15, 0.2) is 68.1 Å². The maximum absolute atomic E-state index is 10.2. The first-order valence-electron chi connectivity index (χ1n) is 13.0. The van der Waals surface area contributed by atoms with Crippen molar-refractivity contribution in [3.8, 4) is 23.6 Å². The molecule has 0 heterocycles. The van der Waals surface area contributed by atoms with E-state index in [1.807, 2.05) is 24.3 Å². The van der Waals surface area contributed by atoms with Gasteiger partial charge in [-0.25, -0.2) is 0 Å². The minimum absolute atomic E-state index is 0.146. The lowest BCUT2D eigenvalue weighted by molar-refractivity contribution is 0.144. The molecule has 8 heteroatoms. The van der Waals surface area contributed by atoms with Crippen LogP contribution in [0.25, 0.3) is 0 Å². The van der Waals surface area contributed by atoms with Gasteiger partial charge in [-0.05, 0) is 48.6 Å². The van der Waals surface area contributed by atoms with Gasteiger partial charge in [0.1, 0.15) is 29.9 Å². The summed E-state index contributed by atoms with van der Waals surface area (Å²) in [5.74, 6) is 1.15. The minimum Gasteiger partial charge on any atom is -0.491 e. The molecule has 0 atom stereocenters. The van der Waals surface area contributed by atoms with Gasteiger partial charge in [-0.1, -0.05) is 75.0 Å². The first-order chi connectivity index (χ1) is 18.9. The first-order valence-corrected chi connectivity index (χ1v) is 14.6. The summed E-state index contributed by atoms with van der Waals surface area (Å²) < 4.78 is 17.7. The standard InChI is InChI=1S/C31H35N3O3S2/c1-5-8-22-11-13-23(14-12-22)38-30-28(36-16-15-21(2)3)24(19-32)25(20-33)29(37-18-17-35-4)31(30)39-27-10-7-6-9-26(27)34/h6-7,9-14,21H,5,8,15-18,34H2,1-4H3. The predicted octanol–water partition coefficient (Wildman–Crippen LogP) is 7.72. The Balaban J connectivity index is 2.27. The quantitative estimate of drug-likeness (QED) is 0.158. The van der Waals surface area contributed by atoms with E-state index in [-0.39, 0.29) is 17.7 Å². The van der Waals surface area contributed by atoms with Crippen LogP contribution in [0.4, 0.5) is 5.69 Å². The predicted molar refractivity (Wildman–Crippen MR) is 158 cm³/mol. The van der Waals surface area contributed by atoms with E-state index in [2.05, 4.69) is 57.2 Å². The van der Waals surface area contributed by atoms with Gasteiger partial charge in [-0.15, -0.1) is 0 Å². The summed E-state index contributed by atoms with van der Waals surface area (Å²) in [6, 6.07) is 20.4. The number of rotatable bonds is 14. The second-order valence-electron chi connectivity index (χ2n) is 9.30. The Labute approximate surface area is 240 Å². The number of methoxy groups -OCH3 is 1. The van der Waals surface area contributed by atoms with Gasteiger partial charge in [-0.2, -0.15) is 10.5 Å². The summed E-state index contributed by atoms with van der Waals surface area (Å²) in [6.07, 6.45) is 2.89. The van der Waals surface area contributed by atoms with Crippen molar-refractivity contribution in [1.82, 2.24) is 0 Å². The zero-order chi connectivity index (χ0) is 28.2. The normalized spacial score (nSPS) is 10.7. The minimum atomic E-state index is 0.146. The van der Waals surface area contributed by atoms with Crippen molar-refractivity contribution in [2.75, 3.05) is 32.7 Å². The third-order valence-electron chi connectivity index (χ3n) is 5.83. The van der Waals surface area contributed by atoms with E-state index in [0.717, 1.165) is 33.9 Å². The topological polar surface area (TPSA) is 101 Å². The van der Waals surface area contributed by atoms with E-state index < -0.39 is 0 Å². The highest BCUT2D eigenvalue weighted by Gasteiger charge is 2.29. The lowest BCUT2D eigenvalue weighted by atomic mass is 10.1. The van der Waals surface area contributed by atoms with Gasteiger partial charge < -0.3 is 19.9 Å². The third kappa shape index (κ3) is 8.10. The van der Waals surface area contributed by atoms with Crippen LogP contribution in [0.5, 0.6) is 11.5 Å². The Hall–Kier alpha value is -3.30. The maximum Gasteiger partial charge on any atom is 0.153 e. The summed E-state index contributed by atoms with van der Waals surface area (Å²) in [4.78, 5) is 3.21. The van der Waals surface area contributed by atoms with E-state index in [1.165, 1.54) is 29.1 Å². The van der Waals surface area contributed by atoms with Crippen LogP contribution < -0.4 is 15.2 Å². The number of ether oxygens (including phenoxy) is 3. The zero-order valence-corrected chi connectivity index (χ0v) is 24.6. The molecule has 0 unspecified atom stereocenters. The van der Waals surface area contributed by atoms with E-state index in [0.29, 0.717) is 41.2 Å². The molecule has 39 heavy (non-hydrogen) atoms. The molecule has 0 saturated heterocycles. The van der Waals surface area contributed by atoms with Crippen molar-refractivity contribution < 1.29 is 14.2 Å². The van der Waals surface area contributed by atoms with Crippen LogP contribution >= 0.6 is 23.5 Å². The van der Waals surface area contributed by atoms with Crippen molar-refractivity contribution in [2.24, 2.45) is 5.92 Å². The number of nitrogens with two attached hydrogens (primary N) is 1. The Morgan fingerprint density at radius 3 is 2.03 bits per heavy atom. The van der Waals surface area contributed by atoms with Crippen molar-refractivity contribution >= 4 is 29.2 Å². The molecule has 204 valence electrons. The highest BCUT2D eigenvalue weighted by molar-refractivity contribution is 8.02. The molecule has 3 aromatic rings. The number of nitriles is 2. The fraction of sp³-hybridized carbons (Fsp3) is 0.355. The number of hydrogen-bond acceptors (Lipinski definition) is 8. The van der Waals surface area contributed by atoms with Gasteiger partial charge in [0.05, 0.1) is 23.0 Å². The van der Waals surface area contributed by atoms with Crippen molar-refractivity contribution in [2.45, 2.75) is 59.6 Å². The molecule has 0 amide bonds. The van der Waals surface area contributed by atoms with Crippen molar-refractivity contribution in [3.63, 3.8) is 0 Å². The number of nitrogen functional groups attached to an aromatic ring is 1. The number of nitrogens with zero attached hydrogens (tertiary/aromatic N) is 2. The van der Waals surface area contributed by atoms with E-state index >= 15 is 0 Å². The lowest BCUT2D eigenvalue weighted by Gasteiger charge is -2.22. The number of para-hydroxylation sites is 1. The summed E-state index contributed by atoms with van der Waals surface area (Å²) >= 11 is 2.90. The highest BCUT2D eigenvalue weighted by Crippen LogP contribution is 2.52. The second-order valence-corrected chi connectivity index (χ2v) is 11.4. The van der Waals surface area contributed by atoms with Crippen LogP contribution in [0.1, 0.15) is 50.3 Å². The largest absolute Gasteiger partial charge is 0.491 e. The highest BCUT2D eigenvalue weighted by atomic mass is 32.2. The smallest absolute Gasteiger partial charge is 0.153 e. The Morgan fingerprint density at radius 1 is 0.846 bits per heavy atom. The molecule has 0 saturated carbocycles. The molecule has 2 N–H and O–H groups in total. The molecule has 0 bridgehead atoms. The SMILES string of the molecule is CCCc1ccc(Sc2c(OCCC(C)C)c(C#N)c(C#N)c(OCCOC)c2Sc2ccccc2N)cc1. The second kappa shape index (κ2) is 15.3. The molecule has 0 radical (unpaired) electrons. The molecule has 6 nitrogen and oxygen atoms in total. The molecule has 0 fully saturated rings. The van der Waals surface area contributed by atoms with Crippen LogP contribution in [0, 0.1) is 28.6 Å². The summed E-state index contributed by atoms with van der Waals surface area (Å²) in [6.45, 7) is 7.37. The average molecular weight is 562 g/mol. The number of aryl methyl sites for hydroxylation is 1. The molecule has 0 aliphatic heterocycles. The molecule has 0 aliphatic rings. The summed E-state index contributed by atoms with van der Waals surface area (Å²) in [5, 5.41) is 20.5. The molecular formula is C31H35N3O3S2. The van der Waals surface area contributed by atoms with E-state index in [4.69, 9.17) is 19.9 Å². The van der Waals surface area contributed by atoms with Crippen LogP contribution in [0.2, 0.25) is 0 Å². The van der Waals surface area contributed by atoms with Crippen LogP contribution in [0.3, 0.4) is 0 Å². The number of benzene rings is 3. The maximum atomic E-state index is 10.2. The Bertz CT molecular complexity index is 1330. The van der Waals surface area contributed by atoms with Gasteiger partial charge in [0, 0.05) is 22.6 Å². The zero-order valence-electron chi connectivity index (χ0n) is 23.0. The molecule has 3 aromatic carbocycles. The van der Waals surface area contributed by atoms with Crippen molar-refractivity contribution in [1.29, 1.82) is 10.5 Å². The molecule has 0 aliphatic carbocycles. The molecule has 0 spiro atoms. The van der Waals surface area contributed by atoms with Crippen LogP contribution in [-0.2, 0) is 11.2 Å². The molecule has 0 aromatic heterocycles. The number of hydrogen-bond donors (Lipinski definition) is 1. The van der Waals surface area contributed by atoms with Gasteiger partial charge in [0.15, 0.2) is 11.5 Å². The van der Waals surface area contributed by atoms with Crippen LogP contribution in [-0.4, -0.2) is 26.9 Å². The molecule has 3 rings (SSSR count). The van der Waals surface area contributed by atoms with E-state index in [1.54, 1.807) is 7.11 Å². The average Bonchev–Trinajstić information content (AvgIpc) is 2.93. The third-order valence-corrected chi connectivity index (χ3v) is 8.25. The monoisotopic (exact) mass is 561 g/mol. The van der Waals surface area contributed by atoms with E-state index in [9.17, 15) is 10.5 Å². The Kier molecular flexibility index (Phi) is 11.9. The van der Waals surface area contributed by atoms with Crippen molar-refractivity contribution in [3.05, 3.63) is 65.2 Å². The van der Waals surface area contributed by atoms with Gasteiger partial charge in [-0.3, -0.25) is 0 Å². The van der Waals surface area contributed by atoms with Gasteiger partial charge in [0.25, 0.3) is 0 Å². The molecular weight excluding hydrogens is 526 g/mol. The summed E-state index contributed by atoms with van der Waals surface area (Å²) in [7, 11) is 1.59. The number of anilines is 1. The van der Waals surface area contributed by atoms with Gasteiger partial charge in [0.2, 0.25) is 0 Å². The van der Waals surface area contributed by atoms with Gasteiger partial charge >= 0.3 is 0 Å². The Morgan fingerprint density at radius 2 is 1.46 bits per heavy atom.